The highest BCUT2D eigenvalue weighted by Crippen LogP contribution is 2.42. The third-order valence-electron chi connectivity index (χ3n) is 3.22. The summed E-state index contributed by atoms with van der Waals surface area (Å²) >= 11 is 2.24. The zero-order valence-electron chi connectivity index (χ0n) is 11.8. The van der Waals surface area contributed by atoms with E-state index in [4.69, 9.17) is 15.5 Å². The number of anilines is 1. The molecule has 1 aliphatic rings. The van der Waals surface area contributed by atoms with E-state index < -0.39 is 0 Å². The molecule has 1 unspecified atom stereocenters. The fourth-order valence-electron chi connectivity index (χ4n) is 2.18. The molecule has 0 aromatic carbocycles. The van der Waals surface area contributed by atoms with Crippen molar-refractivity contribution in [1.29, 1.82) is 0 Å². The van der Waals surface area contributed by atoms with Gasteiger partial charge in [0.15, 0.2) is 5.82 Å². The normalized spacial score (nSPS) is 16.9. The Balaban J connectivity index is 2.31. The number of halogens is 1. The Morgan fingerprint density at radius 2 is 2.05 bits per heavy atom. The lowest BCUT2D eigenvalue weighted by Crippen LogP contribution is -2.16. The molecule has 1 saturated carbocycles. The molecule has 1 aromatic heterocycles. The van der Waals surface area contributed by atoms with Crippen molar-refractivity contribution in [1.82, 2.24) is 9.97 Å². The van der Waals surface area contributed by atoms with E-state index in [0.29, 0.717) is 24.3 Å². The zero-order chi connectivity index (χ0) is 14.0. The first-order valence-electron chi connectivity index (χ1n) is 6.96. The van der Waals surface area contributed by atoms with Crippen molar-refractivity contribution < 1.29 is 4.74 Å². The fraction of sp³-hybridized carbons (Fsp3) is 0.714. The number of nitrogens with two attached hydrogens (primary N) is 1. The number of ether oxygens (including phenoxy) is 1. The molecule has 0 spiro atoms. The van der Waals surface area contributed by atoms with Crippen molar-refractivity contribution >= 4 is 28.4 Å². The quantitative estimate of drug-likeness (QED) is 0.775. The summed E-state index contributed by atoms with van der Waals surface area (Å²) in [6.07, 6.45) is 3.37. The van der Waals surface area contributed by atoms with Crippen LogP contribution in [-0.2, 0) is 11.2 Å². The van der Waals surface area contributed by atoms with Crippen LogP contribution in [0.15, 0.2) is 0 Å². The molecule has 0 amide bonds. The van der Waals surface area contributed by atoms with Gasteiger partial charge >= 0.3 is 0 Å². The number of nitrogens with zero attached hydrogens (tertiary/aromatic N) is 2. The SMILES string of the molecule is CCOC(c1nc(N)c(I)c(CC(C)C)n1)C1CC1. The van der Waals surface area contributed by atoms with E-state index >= 15 is 0 Å². The molecule has 5 heteroatoms. The molecule has 19 heavy (non-hydrogen) atoms. The molecule has 1 heterocycles. The molecule has 106 valence electrons. The first kappa shape index (κ1) is 15.0. The van der Waals surface area contributed by atoms with Gasteiger partial charge in [-0.05, 0) is 60.6 Å². The van der Waals surface area contributed by atoms with Crippen LogP contribution in [0, 0.1) is 15.4 Å². The number of rotatable bonds is 6. The van der Waals surface area contributed by atoms with Crippen molar-refractivity contribution in [2.24, 2.45) is 11.8 Å². The first-order valence-corrected chi connectivity index (χ1v) is 8.04. The van der Waals surface area contributed by atoms with Gasteiger partial charge in [-0.15, -0.1) is 0 Å². The maximum Gasteiger partial charge on any atom is 0.160 e. The van der Waals surface area contributed by atoms with Gasteiger partial charge in [0.2, 0.25) is 0 Å². The van der Waals surface area contributed by atoms with Gasteiger partial charge in [0.05, 0.1) is 9.26 Å². The minimum Gasteiger partial charge on any atom is -0.383 e. The van der Waals surface area contributed by atoms with Crippen molar-refractivity contribution in [2.75, 3.05) is 12.3 Å². The summed E-state index contributed by atoms with van der Waals surface area (Å²) in [6.45, 7) is 7.08. The maximum absolute atomic E-state index is 6.04. The second-order valence-electron chi connectivity index (χ2n) is 5.54. The van der Waals surface area contributed by atoms with Gasteiger partial charge in [0.25, 0.3) is 0 Å². The van der Waals surface area contributed by atoms with Crippen LogP contribution < -0.4 is 5.73 Å². The summed E-state index contributed by atoms with van der Waals surface area (Å²) in [5.41, 5.74) is 7.10. The topological polar surface area (TPSA) is 61.0 Å². The average Bonchev–Trinajstić information content (AvgIpc) is 3.15. The summed E-state index contributed by atoms with van der Waals surface area (Å²) < 4.78 is 6.81. The molecule has 0 bridgehead atoms. The van der Waals surface area contributed by atoms with Gasteiger partial charge in [0, 0.05) is 6.61 Å². The number of hydrogen-bond donors (Lipinski definition) is 1. The van der Waals surface area contributed by atoms with E-state index in [9.17, 15) is 0 Å². The predicted molar refractivity (Wildman–Crippen MR) is 84.8 cm³/mol. The summed E-state index contributed by atoms with van der Waals surface area (Å²) in [7, 11) is 0. The minimum absolute atomic E-state index is 0.0233. The van der Waals surface area contributed by atoms with Gasteiger partial charge in [-0.2, -0.15) is 0 Å². The van der Waals surface area contributed by atoms with Gasteiger partial charge in [-0.3, -0.25) is 0 Å². The molecule has 1 aliphatic carbocycles. The molecule has 1 fully saturated rings. The largest absolute Gasteiger partial charge is 0.383 e. The smallest absolute Gasteiger partial charge is 0.160 e. The lowest BCUT2D eigenvalue weighted by atomic mass is 10.1. The Kier molecular flexibility index (Phi) is 5.00. The second kappa shape index (κ2) is 6.35. The highest BCUT2D eigenvalue weighted by atomic mass is 127. The van der Waals surface area contributed by atoms with Gasteiger partial charge < -0.3 is 10.5 Å². The van der Waals surface area contributed by atoms with E-state index in [1.165, 1.54) is 12.8 Å². The standard InChI is InChI=1S/C14H22IN3O/c1-4-19-12(9-5-6-9)14-17-10(7-8(2)3)11(15)13(16)18-14/h8-9,12H,4-7H2,1-3H3,(H2,16,17,18). The number of hydrogen-bond acceptors (Lipinski definition) is 4. The Bertz CT molecular complexity index is 447. The average molecular weight is 375 g/mol. The van der Waals surface area contributed by atoms with E-state index in [0.717, 1.165) is 21.5 Å². The summed E-state index contributed by atoms with van der Waals surface area (Å²) in [5, 5.41) is 0. The summed E-state index contributed by atoms with van der Waals surface area (Å²) in [5.74, 6) is 2.50. The Hall–Kier alpha value is -0.430. The van der Waals surface area contributed by atoms with Crippen LogP contribution in [0.5, 0.6) is 0 Å². The number of nitrogen functional groups attached to an aromatic ring is 1. The van der Waals surface area contributed by atoms with Gasteiger partial charge in [0.1, 0.15) is 11.9 Å². The lowest BCUT2D eigenvalue weighted by Gasteiger charge is -2.17. The predicted octanol–water partition coefficient (Wildman–Crippen LogP) is 3.35. The van der Waals surface area contributed by atoms with Crippen LogP contribution in [0.1, 0.15) is 51.2 Å². The van der Waals surface area contributed by atoms with Gasteiger partial charge in [-0.25, -0.2) is 9.97 Å². The zero-order valence-corrected chi connectivity index (χ0v) is 14.0. The summed E-state index contributed by atoms with van der Waals surface area (Å²) in [6, 6.07) is 0. The molecule has 2 N–H and O–H groups in total. The van der Waals surface area contributed by atoms with Crippen molar-refractivity contribution in [3.05, 3.63) is 15.1 Å². The third-order valence-corrected chi connectivity index (χ3v) is 4.39. The van der Waals surface area contributed by atoms with Crippen LogP contribution in [-0.4, -0.2) is 16.6 Å². The van der Waals surface area contributed by atoms with Crippen LogP contribution in [0.2, 0.25) is 0 Å². The molecule has 0 saturated heterocycles. The van der Waals surface area contributed by atoms with E-state index in [1.54, 1.807) is 0 Å². The maximum atomic E-state index is 6.04. The third kappa shape index (κ3) is 3.78. The number of aromatic nitrogens is 2. The van der Waals surface area contributed by atoms with Gasteiger partial charge in [-0.1, -0.05) is 13.8 Å². The van der Waals surface area contributed by atoms with Crippen LogP contribution in [0.4, 0.5) is 5.82 Å². The summed E-state index contributed by atoms with van der Waals surface area (Å²) in [4.78, 5) is 9.18. The molecule has 0 radical (unpaired) electrons. The van der Waals surface area contributed by atoms with Crippen molar-refractivity contribution in [2.45, 2.75) is 46.1 Å². The molecule has 4 nitrogen and oxygen atoms in total. The van der Waals surface area contributed by atoms with Crippen LogP contribution in [0.3, 0.4) is 0 Å². The molecule has 0 aliphatic heterocycles. The van der Waals surface area contributed by atoms with Crippen molar-refractivity contribution in [3.63, 3.8) is 0 Å². The second-order valence-corrected chi connectivity index (χ2v) is 6.62. The molecular formula is C14H22IN3O. The Morgan fingerprint density at radius 1 is 1.37 bits per heavy atom. The minimum atomic E-state index is 0.0233. The van der Waals surface area contributed by atoms with Crippen molar-refractivity contribution in [3.8, 4) is 0 Å². The monoisotopic (exact) mass is 375 g/mol. The first-order chi connectivity index (χ1) is 9.02. The molecule has 1 aromatic rings. The van der Waals surface area contributed by atoms with E-state index in [-0.39, 0.29) is 6.10 Å². The Morgan fingerprint density at radius 3 is 2.58 bits per heavy atom. The van der Waals surface area contributed by atoms with E-state index in [2.05, 4.69) is 41.4 Å². The molecule has 2 rings (SSSR count). The van der Waals surface area contributed by atoms with Crippen LogP contribution >= 0.6 is 22.6 Å². The molecular weight excluding hydrogens is 353 g/mol. The lowest BCUT2D eigenvalue weighted by molar-refractivity contribution is 0.0399. The Labute approximate surface area is 128 Å². The fourth-order valence-corrected chi connectivity index (χ4v) is 2.64. The highest BCUT2D eigenvalue weighted by Gasteiger charge is 2.35. The van der Waals surface area contributed by atoms with Crippen LogP contribution in [0.25, 0.3) is 0 Å². The highest BCUT2D eigenvalue weighted by molar-refractivity contribution is 14.1. The van der Waals surface area contributed by atoms with E-state index in [1.807, 2.05) is 6.92 Å². The molecule has 1 atom stereocenters.